The van der Waals surface area contributed by atoms with Crippen LogP contribution in [-0.2, 0) is 4.74 Å². The first-order chi connectivity index (χ1) is 11.8. The van der Waals surface area contributed by atoms with Crippen LogP contribution in [0.15, 0.2) is 6.20 Å². The van der Waals surface area contributed by atoms with Crippen molar-refractivity contribution in [1.82, 2.24) is 19.6 Å². The van der Waals surface area contributed by atoms with Crippen LogP contribution in [0.25, 0.3) is 5.52 Å². The second kappa shape index (κ2) is 7.11. The van der Waals surface area contributed by atoms with E-state index in [4.69, 9.17) is 21.1 Å². The molecule has 2 aromatic rings. The molecule has 0 amide bonds. The minimum absolute atomic E-state index is 0.332. The minimum Gasteiger partial charge on any atom is -0.463 e. The van der Waals surface area contributed by atoms with Crippen LogP contribution in [0, 0.1) is 5.92 Å². The van der Waals surface area contributed by atoms with Gasteiger partial charge in [0.1, 0.15) is 5.52 Å². The van der Waals surface area contributed by atoms with Crippen molar-refractivity contribution < 1.29 is 9.47 Å². The molecule has 1 N–H and O–H groups in total. The monoisotopic (exact) mass is 351 g/mol. The summed E-state index contributed by atoms with van der Waals surface area (Å²) in [5.41, 5.74) is 0.663. The van der Waals surface area contributed by atoms with Crippen molar-refractivity contribution in [1.29, 1.82) is 0 Å². The van der Waals surface area contributed by atoms with Gasteiger partial charge in [-0.15, -0.1) is 5.10 Å². The average Bonchev–Trinajstić information content (AvgIpc) is 3.22. The largest absolute Gasteiger partial charge is 0.463 e. The minimum atomic E-state index is 0.332. The molecule has 2 aliphatic rings. The van der Waals surface area contributed by atoms with Gasteiger partial charge in [0.05, 0.1) is 12.8 Å². The fraction of sp³-hybridized carbons (Fsp3) is 0.688. The predicted molar refractivity (Wildman–Crippen MR) is 90.7 cm³/mol. The summed E-state index contributed by atoms with van der Waals surface area (Å²) < 4.78 is 12.9. The Balaban J connectivity index is 1.51. The van der Waals surface area contributed by atoms with E-state index in [0.29, 0.717) is 41.2 Å². The third-order valence-corrected chi connectivity index (χ3v) is 5.07. The van der Waals surface area contributed by atoms with E-state index in [-0.39, 0.29) is 0 Å². The van der Waals surface area contributed by atoms with Gasteiger partial charge in [0, 0.05) is 19.3 Å². The molecule has 0 spiro atoms. The summed E-state index contributed by atoms with van der Waals surface area (Å²) in [6.07, 6.45) is 8.63. The zero-order valence-corrected chi connectivity index (χ0v) is 14.3. The molecule has 3 heterocycles. The molecular weight excluding hydrogens is 330 g/mol. The zero-order chi connectivity index (χ0) is 16.4. The van der Waals surface area contributed by atoms with Gasteiger partial charge in [0.2, 0.25) is 5.95 Å². The van der Waals surface area contributed by atoms with Crippen LogP contribution >= 0.6 is 11.6 Å². The molecule has 2 fully saturated rings. The van der Waals surface area contributed by atoms with Crippen molar-refractivity contribution in [3.8, 4) is 6.01 Å². The Hall–Kier alpha value is -1.60. The maximum Gasteiger partial charge on any atom is 0.319 e. The fourth-order valence-corrected chi connectivity index (χ4v) is 3.58. The molecule has 0 unspecified atom stereocenters. The highest BCUT2D eigenvalue weighted by Crippen LogP contribution is 2.27. The Morgan fingerprint density at radius 2 is 2.04 bits per heavy atom. The number of rotatable bonds is 5. The molecule has 24 heavy (non-hydrogen) atoms. The fourth-order valence-electron chi connectivity index (χ4n) is 3.38. The van der Waals surface area contributed by atoms with E-state index in [9.17, 15) is 0 Å². The van der Waals surface area contributed by atoms with E-state index >= 15 is 0 Å². The van der Waals surface area contributed by atoms with Gasteiger partial charge in [0.25, 0.3) is 0 Å². The molecule has 130 valence electrons. The molecular formula is C16H22ClN5O2. The van der Waals surface area contributed by atoms with E-state index in [1.165, 1.54) is 25.7 Å². The SMILES string of the molecule is Clc1nc(OCC2CCCC2)n2nc(NC3CCOCC3)ncc12. The molecule has 1 saturated carbocycles. The van der Waals surface area contributed by atoms with Crippen LogP contribution in [0.5, 0.6) is 6.01 Å². The summed E-state index contributed by atoms with van der Waals surface area (Å²) in [5, 5.41) is 8.24. The van der Waals surface area contributed by atoms with E-state index in [0.717, 1.165) is 26.1 Å². The van der Waals surface area contributed by atoms with Gasteiger partial charge in [0.15, 0.2) is 5.15 Å². The van der Waals surface area contributed by atoms with Crippen molar-refractivity contribution >= 4 is 23.1 Å². The number of nitrogens with zero attached hydrogens (tertiary/aromatic N) is 4. The maximum atomic E-state index is 6.19. The van der Waals surface area contributed by atoms with E-state index in [1.807, 2.05) is 0 Å². The summed E-state index contributed by atoms with van der Waals surface area (Å²) in [6, 6.07) is 0.775. The highest BCUT2D eigenvalue weighted by atomic mass is 35.5. The number of imidazole rings is 1. The second-order valence-electron chi connectivity index (χ2n) is 6.56. The van der Waals surface area contributed by atoms with Gasteiger partial charge < -0.3 is 14.8 Å². The summed E-state index contributed by atoms with van der Waals surface area (Å²) in [6.45, 7) is 2.21. The molecule has 1 aliphatic carbocycles. The number of nitrogens with one attached hydrogen (secondary N) is 1. The normalized spacial score (nSPS) is 19.9. The van der Waals surface area contributed by atoms with Gasteiger partial charge in [-0.3, -0.25) is 0 Å². The molecule has 0 radical (unpaired) electrons. The smallest absolute Gasteiger partial charge is 0.319 e. The molecule has 4 rings (SSSR count). The van der Waals surface area contributed by atoms with E-state index in [1.54, 1.807) is 10.7 Å². The number of ether oxygens (including phenoxy) is 2. The van der Waals surface area contributed by atoms with Crippen LogP contribution in [0.2, 0.25) is 5.15 Å². The Kier molecular flexibility index (Phi) is 4.71. The van der Waals surface area contributed by atoms with Crippen LogP contribution in [0.1, 0.15) is 38.5 Å². The number of halogens is 1. The number of fused-ring (bicyclic) bond motifs is 1. The molecule has 0 atom stereocenters. The van der Waals surface area contributed by atoms with Crippen LogP contribution in [0.3, 0.4) is 0 Å². The van der Waals surface area contributed by atoms with Gasteiger partial charge in [-0.05, 0) is 31.6 Å². The van der Waals surface area contributed by atoms with Crippen molar-refractivity contribution in [3.63, 3.8) is 0 Å². The van der Waals surface area contributed by atoms with Crippen molar-refractivity contribution in [3.05, 3.63) is 11.3 Å². The number of anilines is 1. The Bertz CT molecular complexity index is 695. The van der Waals surface area contributed by atoms with Crippen molar-refractivity contribution in [2.24, 2.45) is 5.92 Å². The standard InChI is InChI=1S/C16H22ClN5O2/c17-14-13-9-18-15(19-12-5-7-23-8-6-12)21-22(13)16(20-14)24-10-11-3-1-2-4-11/h9,11-12H,1-8,10H2,(H,19,21). The lowest BCUT2D eigenvalue weighted by atomic mass is 10.1. The summed E-state index contributed by atoms with van der Waals surface area (Å²) >= 11 is 6.19. The Labute approximate surface area is 145 Å². The van der Waals surface area contributed by atoms with E-state index in [2.05, 4.69) is 20.4 Å². The zero-order valence-electron chi connectivity index (χ0n) is 13.6. The average molecular weight is 352 g/mol. The quantitative estimate of drug-likeness (QED) is 0.892. The van der Waals surface area contributed by atoms with Crippen molar-refractivity contribution in [2.75, 3.05) is 25.1 Å². The number of hydrogen-bond acceptors (Lipinski definition) is 6. The molecule has 0 aromatic carbocycles. The first-order valence-corrected chi connectivity index (χ1v) is 9.06. The lowest BCUT2D eigenvalue weighted by Crippen LogP contribution is -2.28. The number of hydrogen-bond donors (Lipinski definition) is 1. The summed E-state index contributed by atoms with van der Waals surface area (Å²) in [4.78, 5) is 8.64. The molecule has 8 heteroatoms. The van der Waals surface area contributed by atoms with Crippen LogP contribution in [-0.4, -0.2) is 45.4 Å². The predicted octanol–water partition coefficient (Wildman–Crippen LogP) is 2.94. The lowest BCUT2D eigenvalue weighted by Gasteiger charge is -2.22. The molecule has 2 aromatic heterocycles. The third kappa shape index (κ3) is 3.42. The highest BCUT2D eigenvalue weighted by Gasteiger charge is 2.20. The first kappa shape index (κ1) is 15.9. The van der Waals surface area contributed by atoms with E-state index < -0.39 is 0 Å². The lowest BCUT2D eigenvalue weighted by molar-refractivity contribution is 0.0903. The van der Waals surface area contributed by atoms with Gasteiger partial charge in [-0.25, -0.2) is 4.98 Å². The number of aromatic nitrogens is 4. The van der Waals surface area contributed by atoms with Crippen LogP contribution < -0.4 is 10.1 Å². The molecule has 1 aliphatic heterocycles. The Morgan fingerprint density at radius 1 is 1.25 bits per heavy atom. The second-order valence-corrected chi connectivity index (χ2v) is 6.91. The van der Waals surface area contributed by atoms with Crippen LogP contribution in [0.4, 0.5) is 5.95 Å². The molecule has 0 bridgehead atoms. The van der Waals surface area contributed by atoms with Gasteiger partial charge in [-0.2, -0.15) is 9.50 Å². The highest BCUT2D eigenvalue weighted by molar-refractivity contribution is 6.32. The molecule has 7 nitrogen and oxygen atoms in total. The summed E-state index contributed by atoms with van der Waals surface area (Å²) in [7, 11) is 0. The third-order valence-electron chi connectivity index (χ3n) is 4.80. The van der Waals surface area contributed by atoms with Gasteiger partial charge >= 0.3 is 6.01 Å². The maximum absolute atomic E-state index is 6.19. The topological polar surface area (TPSA) is 73.6 Å². The summed E-state index contributed by atoms with van der Waals surface area (Å²) in [5.74, 6) is 1.17. The van der Waals surface area contributed by atoms with Crippen molar-refractivity contribution in [2.45, 2.75) is 44.6 Å². The molecule has 1 saturated heterocycles. The first-order valence-electron chi connectivity index (χ1n) is 8.68. The Morgan fingerprint density at radius 3 is 2.83 bits per heavy atom. The van der Waals surface area contributed by atoms with Gasteiger partial charge in [-0.1, -0.05) is 24.4 Å².